The van der Waals surface area contributed by atoms with E-state index < -0.39 is 10.0 Å². The monoisotopic (exact) mass is 303 g/mol. The van der Waals surface area contributed by atoms with Crippen LogP contribution in [0.1, 0.15) is 33.1 Å². The van der Waals surface area contributed by atoms with E-state index in [0.717, 1.165) is 30.0 Å². The van der Waals surface area contributed by atoms with Crippen molar-refractivity contribution in [3.05, 3.63) is 42.5 Å². The molecule has 0 bridgehead atoms. The predicted molar refractivity (Wildman–Crippen MR) is 85.7 cm³/mol. The van der Waals surface area contributed by atoms with Crippen molar-refractivity contribution in [2.45, 2.75) is 50.1 Å². The van der Waals surface area contributed by atoms with E-state index in [0.29, 0.717) is 4.90 Å². The third-order valence-corrected chi connectivity index (χ3v) is 6.53. The molecule has 0 aliphatic carbocycles. The van der Waals surface area contributed by atoms with Crippen LogP contribution in [0.25, 0.3) is 10.8 Å². The standard InChI is InChI=1S/C17H21NO2S/c1-13-6-5-7-14(2)18(13)21(19,20)17-11-10-15-8-3-4-9-16(15)12-17/h3-4,8-14H,5-7H2,1-2H3. The molecule has 0 aromatic heterocycles. The van der Waals surface area contributed by atoms with Crippen molar-refractivity contribution in [1.29, 1.82) is 0 Å². The van der Waals surface area contributed by atoms with Crippen LogP contribution in [0.5, 0.6) is 0 Å². The summed E-state index contributed by atoms with van der Waals surface area (Å²) in [6, 6.07) is 13.4. The number of piperidine rings is 1. The Hall–Kier alpha value is -1.39. The SMILES string of the molecule is CC1CCCC(C)N1S(=O)(=O)c1ccc2ccccc2c1. The zero-order chi connectivity index (χ0) is 15.0. The Morgan fingerprint density at radius 2 is 1.57 bits per heavy atom. The highest BCUT2D eigenvalue weighted by molar-refractivity contribution is 7.89. The Labute approximate surface area is 126 Å². The lowest BCUT2D eigenvalue weighted by atomic mass is 10.0. The first kappa shape index (κ1) is 14.5. The van der Waals surface area contributed by atoms with Gasteiger partial charge in [-0.05, 0) is 49.6 Å². The van der Waals surface area contributed by atoms with Gasteiger partial charge in [-0.25, -0.2) is 8.42 Å². The maximum absolute atomic E-state index is 13.0. The van der Waals surface area contributed by atoms with Crippen molar-refractivity contribution in [2.75, 3.05) is 0 Å². The molecule has 21 heavy (non-hydrogen) atoms. The van der Waals surface area contributed by atoms with E-state index in [1.807, 2.05) is 44.2 Å². The van der Waals surface area contributed by atoms with Gasteiger partial charge in [0.1, 0.15) is 0 Å². The number of hydrogen-bond acceptors (Lipinski definition) is 2. The fraction of sp³-hybridized carbons (Fsp3) is 0.412. The van der Waals surface area contributed by atoms with Crippen LogP contribution in [0, 0.1) is 0 Å². The van der Waals surface area contributed by atoms with Crippen LogP contribution in [0.3, 0.4) is 0 Å². The number of fused-ring (bicyclic) bond motifs is 1. The van der Waals surface area contributed by atoms with Crippen molar-refractivity contribution in [3.8, 4) is 0 Å². The van der Waals surface area contributed by atoms with E-state index in [9.17, 15) is 8.42 Å². The second-order valence-electron chi connectivity index (χ2n) is 5.97. The molecular weight excluding hydrogens is 282 g/mol. The zero-order valence-electron chi connectivity index (χ0n) is 12.5. The number of benzene rings is 2. The van der Waals surface area contributed by atoms with Gasteiger partial charge < -0.3 is 0 Å². The van der Waals surface area contributed by atoms with Gasteiger partial charge in [-0.3, -0.25) is 0 Å². The predicted octanol–water partition coefficient (Wildman–Crippen LogP) is 3.79. The number of sulfonamides is 1. The molecule has 3 rings (SSSR count). The van der Waals surface area contributed by atoms with Crippen LogP contribution in [0.4, 0.5) is 0 Å². The molecule has 2 unspecified atom stereocenters. The minimum absolute atomic E-state index is 0.0743. The number of rotatable bonds is 2. The van der Waals surface area contributed by atoms with Crippen molar-refractivity contribution >= 4 is 20.8 Å². The molecule has 0 N–H and O–H groups in total. The lowest BCUT2D eigenvalue weighted by Crippen LogP contribution is -2.47. The second kappa shape index (κ2) is 5.43. The lowest BCUT2D eigenvalue weighted by molar-refractivity contribution is 0.204. The van der Waals surface area contributed by atoms with Crippen LogP contribution in [0.15, 0.2) is 47.4 Å². The van der Waals surface area contributed by atoms with E-state index in [1.54, 1.807) is 16.4 Å². The number of hydrogen-bond donors (Lipinski definition) is 0. The zero-order valence-corrected chi connectivity index (χ0v) is 13.3. The van der Waals surface area contributed by atoms with Crippen LogP contribution in [-0.2, 0) is 10.0 Å². The highest BCUT2D eigenvalue weighted by Gasteiger charge is 2.35. The maximum Gasteiger partial charge on any atom is 0.243 e. The molecule has 2 atom stereocenters. The van der Waals surface area contributed by atoms with E-state index in [1.165, 1.54) is 0 Å². The molecule has 112 valence electrons. The fourth-order valence-electron chi connectivity index (χ4n) is 3.32. The summed E-state index contributed by atoms with van der Waals surface area (Å²) in [5.74, 6) is 0. The highest BCUT2D eigenvalue weighted by Crippen LogP contribution is 2.30. The van der Waals surface area contributed by atoms with Gasteiger partial charge in [0.2, 0.25) is 10.0 Å². The summed E-state index contributed by atoms with van der Waals surface area (Å²) in [5.41, 5.74) is 0. The Balaban J connectivity index is 2.07. The fourth-order valence-corrected chi connectivity index (χ4v) is 5.24. The minimum Gasteiger partial charge on any atom is -0.207 e. The molecule has 1 aliphatic heterocycles. The van der Waals surface area contributed by atoms with E-state index in [-0.39, 0.29) is 12.1 Å². The Bertz CT molecular complexity index is 744. The first-order valence-electron chi connectivity index (χ1n) is 7.52. The van der Waals surface area contributed by atoms with Gasteiger partial charge >= 0.3 is 0 Å². The Morgan fingerprint density at radius 1 is 0.952 bits per heavy atom. The summed E-state index contributed by atoms with van der Waals surface area (Å²) in [6.07, 6.45) is 2.99. The van der Waals surface area contributed by atoms with Crippen LogP contribution in [-0.4, -0.2) is 24.8 Å². The molecule has 4 heteroatoms. The van der Waals surface area contributed by atoms with Gasteiger partial charge in [-0.2, -0.15) is 4.31 Å². The molecule has 1 saturated heterocycles. The van der Waals surface area contributed by atoms with Crippen LogP contribution in [0.2, 0.25) is 0 Å². The largest absolute Gasteiger partial charge is 0.243 e. The minimum atomic E-state index is -3.42. The summed E-state index contributed by atoms with van der Waals surface area (Å²) in [5, 5.41) is 2.03. The summed E-state index contributed by atoms with van der Waals surface area (Å²) in [4.78, 5) is 0.404. The summed E-state index contributed by atoms with van der Waals surface area (Å²) >= 11 is 0. The third kappa shape index (κ3) is 2.58. The molecule has 2 aromatic carbocycles. The van der Waals surface area contributed by atoms with Crippen molar-refractivity contribution in [1.82, 2.24) is 4.31 Å². The topological polar surface area (TPSA) is 37.4 Å². The van der Waals surface area contributed by atoms with Crippen LogP contribution >= 0.6 is 0 Å². The van der Waals surface area contributed by atoms with E-state index in [2.05, 4.69) is 0 Å². The lowest BCUT2D eigenvalue weighted by Gasteiger charge is -2.37. The second-order valence-corrected chi connectivity index (χ2v) is 7.82. The first-order chi connectivity index (χ1) is 10.00. The van der Waals surface area contributed by atoms with Gasteiger partial charge in [-0.1, -0.05) is 36.8 Å². The van der Waals surface area contributed by atoms with Crippen molar-refractivity contribution < 1.29 is 8.42 Å². The molecular formula is C17H21NO2S. The average molecular weight is 303 g/mol. The molecule has 3 nitrogen and oxygen atoms in total. The maximum atomic E-state index is 13.0. The van der Waals surface area contributed by atoms with Crippen molar-refractivity contribution in [2.24, 2.45) is 0 Å². The molecule has 0 amide bonds. The van der Waals surface area contributed by atoms with Crippen molar-refractivity contribution in [3.63, 3.8) is 0 Å². The van der Waals surface area contributed by atoms with Gasteiger partial charge in [0.15, 0.2) is 0 Å². The van der Waals surface area contributed by atoms with Gasteiger partial charge in [-0.15, -0.1) is 0 Å². The highest BCUT2D eigenvalue weighted by atomic mass is 32.2. The quantitative estimate of drug-likeness (QED) is 0.846. The van der Waals surface area contributed by atoms with Gasteiger partial charge in [0, 0.05) is 12.1 Å². The smallest absolute Gasteiger partial charge is 0.207 e. The molecule has 0 saturated carbocycles. The molecule has 1 heterocycles. The molecule has 1 aliphatic rings. The summed E-state index contributed by atoms with van der Waals surface area (Å²) in [7, 11) is -3.42. The third-order valence-electron chi connectivity index (χ3n) is 4.41. The summed E-state index contributed by atoms with van der Waals surface area (Å²) in [6.45, 7) is 4.02. The van der Waals surface area contributed by atoms with Crippen LogP contribution < -0.4 is 0 Å². The summed E-state index contributed by atoms with van der Waals surface area (Å²) < 4.78 is 27.7. The van der Waals surface area contributed by atoms with E-state index in [4.69, 9.17) is 0 Å². The Morgan fingerprint density at radius 3 is 2.24 bits per heavy atom. The molecule has 1 fully saturated rings. The number of nitrogens with zero attached hydrogens (tertiary/aromatic N) is 1. The average Bonchev–Trinajstić information content (AvgIpc) is 2.46. The molecule has 0 spiro atoms. The van der Waals surface area contributed by atoms with Gasteiger partial charge in [0.05, 0.1) is 4.90 Å². The van der Waals surface area contributed by atoms with Gasteiger partial charge in [0.25, 0.3) is 0 Å². The molecule has 2 aromatic rings. The van der Waals surface area contributed by atoms with E-state index >= 15 is 0 Å². The normalized spacial score (nSPS) is 24.3. The Kier molecular flexibility index (Phi) is 3.76. The molecule has 0 radical (unpaired) electrons. The first-order valence-corrected chi connectivity index (χ1v) is 8.96.